The van der Waals surface area contributed by atoms with E-state index in [0.29, 0.717) is 5.92 Å². The maximum atomic E-state index is 9.30. The molecule has 1 aliphatic rings. The minimum Gasteiger partial charge on any atom is -0.395 e. The molecule has 1 aliphatic carbocycles. The lowest BCUT2D eigenvalue weighted by Crippen LogP contribution is -2.14. The van der Waals surface area contributed by atoms with Gasteiger partial charge in [0.1, 0.15) is 0 Å². The van der Waals surface area contributed by atoms with Crippen molar-refractivity contribution in [3.05, 3.63) is 29.6 Å². The molecule has 1 aromatic heterocycles. The Morgan fingerprint density at radius 3 is 2.64 bits per heavy atom. The van der Waals surface area contributed by atoms with Crippen molar-refractivity contribution in [2.75, 3.05) is 6.61 Å². The van der Waals surface area contributed by atoms with Crippen LogP contribution in [-0.4, -0.2) is 16.7 Å². The molecule has 0 spiro atoms. The number of aliphatic hydroxyl groups excluding tert-OH is 1. The zero-order chi connectivity index (χ0) is 10.2. The van der Waals surface area contributed by atoms with Crippen LogP contribution in [0.1, 0.15) is 44.0 Å². The van der Waals surface area contributed by atoms with Gasteiger partial charge >= 0.3 is 0 Å². The van der Waals surface area contributed by atoms with Crippen LogP contribution in [0.3, 0.4) is 0 Å². The van der Waals surface area contributed by atoms with Crippen molar-refractivity contribution in [2.24, 2.45) is 0 Å². The van der Waals surface area contributed by atoms with Crippen LogP contribution >= 0.6 is 0 Å². The predicted molar refractivity (Wildman–Crippen MR) is 56.3 cm³/mol. The highest BCUT2D eigenvalue weighted by molar-refractivity contribution is 5.27. The molecule has 1 fully saturated rings. The fourth-order valence-electron chi connectivity index (χ4n) is 1.71. The van der Waals surface area contributed by atoms with E-state index >= 15 is 0 Å². The van der Waals surface area contributed by atoms with Crippen molar-refractivity contribution in [3.8, 4) is 0 Å². The van der Waals surface area contributed by atoms with Crippen molar-refractivity contribution in [3.63, 3.8) is 0 Å². The summed E-state index contributed by atoms with van der Waals surface area (Å²) in [5, 5.41) is 9.30. The van der Waals surface area contributed by atoms with Gasteiger partial charge in [0.25, 0.3) is 0 Å². The van der Waals surface area contributed by atoms with E-state index in [9.17, 15) is 5.11 Å². The topological polar surface area (TPSA) is 33.1 Å². The molecule has 0 amide bonds. The molecule has 0 saturated heterocycles. The van der Waals surface area contributed by atoms with Crippen LogP contribution in [0, 0.1) is 0 Å². The van der Waals surface area contributed by atoms with Crippen LogP contribution < -0.4 is 0 Å². The largest absolute Gasteiger partial charge is 0.395 e. The SMILES string of the molecule is CC(C)c1cccc(C2(CO)CC2)n1. The molecule has 2 nitrogen and oxygen atoms in total. The van der Waals surface area contributed by atoms with Crippen LogP contribution in [0.4, 0.5) is 0 Å². The van der Waals surface area contributed by atoms with Crippen LogP contribution in [-0.2, 0) is 5.41 Å². The third-order valence-corrected chi connectivity index (χ3v) is 3.06. The van der Waals surface area contributed by atoms with Gasteiger partial charge in [-0.3, -0.25) is 4.98 Å². The molecule has 1 heterocycles. The molecule has 76 valence electrons. The summed E-state index contributed by atoms with van der Waals surface area (Å²) in [6.07, 6.45) is 2.16. The van der Waals surface area contributed by atoms with E-state index in [2.05, 4.69) is 24.9 Å². The van der Waals surface area contributed by atoms with Gasteiger partial charge < -0.3 is 5.11 Å². The van der Waals surface area contributed by atoms with Gasteiger partial charge in [-0.1, -0.05) is 19.9 Å². The van der Waals surface area contributed by atoms with Crippen molar-refractivity contribution in [2.45, 2.75) is 38.0 Å². The van der Waals surface area contributed by atoms with Gasteiger partial charge in [0.2, 0.25) is 0 Å². The molecule has 0 aliphatic heterocycles. The zero-order valence-corrected chi connectivity index (χ0v) is 8.83. The molecule has 2 rings (SSSR count). The summed E-state index contributed by atoms with van der Waals surface area (Å²) in [6.45, 7) is 4.52. The Morgan fingerprint density at radius 2 is 2.14 bits per heavy atom. The summed E-state index contributed by atoms with van der Waals surface area (Å²) >= 11 is 0. The standard InChI is InChI=1S/C12H17NO/c1-9(2)10-4-3-5-11(13-10)12(8-14)6-7-12/h3-5,9,14H,6-8H2,1-2H3. The van der Waals surface area contributed by atoms with Crippen LogP contribution in [0.25, 0.3) is 0 Å². The van der Waals surface area contributed by atoms with E-state index in [-0.39, 0.29) is 12.0 Å². The summed E-state index contributed by atoms with van der Waals surface area (Å²) in [5.41, 5.74) is 2.21. The van der Waals surface area contributed by atoms with Gasteiger partial charge in [-0.15, -0.1) is 0 Å². The average molecular weight is 191 g/mol. The fourth-order valence-corrected chi connectivity index (χ4v) is 1.71. The zero-order valence-electron chi connectivity index (χ0n) is 8.83. The first-order chi connectivity index (χ1) is 6.68. The quantitative estimate of drug-likeness (QED) is 0.794. The highest BCUT2D eigenvalue weighted by Crippen LogP contribution is 2.46. The number of aromatic nitrogens is 1. The van der Waals surface area contributed by atoms with E-state index in [4.69, 9.17) is 0 Å². The highest BCUT2D eigenvalue weighted by atomic mass is 16.3. The summed E-state index contributed by atoms with van der Waals surface area (Å²) in [5.74, 6) is 0.462. The first-order valence-electron chi connectivity index (χ1n) is 5.26. The van der Waals surface area contributed by atoms with Gasteiger partial charge in [-0.05, 0) is 30.9 Å². The highest BCUT2D eigenvalue weighted by Gasteiger charge is 2.45. The van der Waals surface area contributed by atoms with Crippen LogP contribution in [0.2, 0.25) is 0 Å². The van der Waals surface area contributed by atoms with Gasteiger partial charge in [-0.2, -0.15) is 0 Å². The lowest BCUT2D eigenvalue weighted by atomic mass is 10.0. The Labute approximate surface area is 85.0 Å². The lowest BCUT2D eigenvalue weighted by Gasteiger charge is -2.13. The Bertz CT molecular complexity index is 329. The molecule has 0 aromatic carbocycles. The number of hydrogen-bond acceptors (Lipinski definition) is 2. The Kier molecular flexibility index (Phi) is 2.31. The number of rotatable bonds is 3. The molecule has 14 heavy (non-hydrogen) atoms. The monoisotopic (exact) mass is 191 g/mol. The fraction of sp³-hybridized carbons (Fsp3) is 0.583. The summed E-state index contributed by atoms with van der Waals surface area (Å²) in [4.78, 5) is 4.62. The lowest BCUT2D eigenvalue weighted by molar-refractivity contribution is 0.252. The van der Waals surface area contributed by atoms with Gasteiger partial charge in [-0.25, -0.2) is 0 Å². The molecule has 0 bridgehead atoms. The van der Waals surface area contributed by atoms with E-state index < -0.39 is 0 Å². The predicted octanol–water partition coefficient (Wildman–Crippen LogP) is 2.23. The average Bonchev–Trinajstić information content (AvgIpc) is 2.98. The molecular formula is C12H17NO. The van der Waals surface area contributed by atoms with E-state index in [1.807, 2.05) is 12.1 Å². The summed E-state index contributed by atoms with van der Waals surface area (Å²) in [6, 6.07) is 6.14. The molecule has 1 saturated carbocycles. The molecule has 1 aromatic rings. The molecule has 0 radical (unpaired) electrons. The second kappa shape index (κ2) is 3.35. The summed E-state index contributed by atoms with van der Waals surface area (Å²) < 4.78 is 0. The third kappa shape index (κ3) is 1.55. The maximum Gasteiger partial charge on any atom is 0.0543 e. The van der Waals surface area contributed by atoms with Crippen LogP contribution in [0.5, 0.6) is 0 Å². The Morgan fingerprint density at radius 1 is 1.43 bits per heavy atom. The second-order valence-electron chi connectivity index (χ2n) is 4.54. The van der Waals surface area contributed by atoms with Gasteiger partial charge in [0.15, 0.2) is 0 Å². The van der Waals surface area contributed by atoms with Gasteiger partial charge in [0, 0.05) is 16.8 Å². The normalized spacial score (nSPS) is 18.6. The molecule has 0 atom stereocenters. The van der Waals surface area contributed by atoms with Crippen LogP contribution in [0.15, 0.2) is 18.2 Å². The van der Waals surface area contributed by atoms with Crippen molar-refractivity contribution >= 4 is 0 Å². The third-order valence-electron chi connectivity index (χ3n) is 3.06. The van der Waals surface area contributed by atoms with E-state index in [1.165, 1.54) is 0 Å². The Balaban J connectivity index is 2.31. The molecule has 0 unspecified atom stereocenters. The molecular weight excluding hydrogens is 174 g/mol. The minimum atomic E-state index is 0.00486. The van der Waals surface area contributed by atoms with Crippen molar-refractivity contribution in [1.82, 2.24) is 4.98 Å². The van der Waals surface area contributed by atoms with Gasteiger partial charge in [0.05, 0.1) is 6.61 Å². The first-order valence-corrected chi connectivity index (χ1v) is 5.26. The van der Waals surface area contributed by atoms with Crippen molar-refractivity contribution in [1.29, 1.82) is 0 Å². The Hall–Kier alpha value is -0.890. The maximum absolute atomic E-state index is 9.30. The van der Waals surface area contributed by atoms with E-state index in [1.54, 1.807) is 0 Å². The number of nitrogens with zero attached hydrogens (tertiary/aromatic N) is 1. The summed E-state index contributed by atoms with van der Waals surface area (Å²) in [7, 11) is 0. The second-order valence-corrected chi connectivity index (χ2v) is 4.54. The molecule has 1 N–H and O–H groups in total. The number of aliphatic hydroxyl groups is 1. The van der Waals surface area contributed by atoms with E-state index in [0.717, 1.165) is 24.2 Å². The number of hydrogen-bond donors (Lipinski definition) is 1. The van der Waals surface area contributed by atoms with Crippen molar-refractivity contribution < 1.29 is 5.11 Å². The molecule has 2 heteroatoms. The minimum absolute atomic E-state index is 0.00486. The first kappa shape index (κ1) is 9.66. The number of pyridine rings is 1. The smallest absolute Gasteiger partial charge is 0.0543 e.